The van der Waals surface area contributed by atoms with Crippen LogP contribution in [0, 0.1) is 0 Å². The number of aromatic nitrogens is 2. The summed E-state index contributed by atoms with van der Waals surface area (Å²) in [7, 11) is 0. The predicted octanol–water partition coefficient (Wildman–Crippen LogP) is 3.67. The molecule has 0 aliphatic carbocycles. The lowest BCUT2D eigenvalue weighted by Crippen LogP contribution is -2.19. The van der Waals surface area contributed by atoms with Gasteiger partial charge < -0.3 is 0 Å². The van der Waals surface area contributed by atoms with Crippen LogP contribution >= 0.6 is 11.8 Å². The van der Waals surface area contributed by atoms with Gasteiger partial charge in [-0.25, -0.2) is 0 Å². The molecule has 1 amide bonds. The van der Waals surface area contributed by atoms with Gasteiger partial charge in [0.05, 0.1) is 23.0 Å². The Morgan fingerprint density at radius 3 is 2.52 bits per heavy atom. The molecule has 1 aromatic heterocycles. The Hall–Kier alpha value is -3.45. The zero-order chi connectivity index (χ0) is 18.5. The maximum Gasteiger partial charge on any atom is 0.264 e. The molecule has 0 saturated carbocycles. The van der Waals surface area contributed by atoms with E-state index in [0.29, 0.717) is 10.1 Å². The molecule has 0 atom stereocenters. The quantitative estimate of drug-likeness (QED) is 0.416. The predicted molar refractivity (Wildman–Crippen MR) is 109 cm³/mol. The number of aromatic amines is 1. The number of hydrogen-bond acceptors (Lipinski definition) is 5. The van der Waals surface area contributed by atoms with Gasteiger partial charge in [-0.05, 0) is 23.4 Å². The third-order valence-corrected chi connectivity index (χ3v) is 4.72. The molecule has 1 fully saturated rings. The zero-order valence-corrected chi connectivity index (χ0v) is 15.0. The molecule has 27 heavy (non-hydrogen) atoms. The largest absolute Gasteiger partial charge is 0.299 e. The minimum absolute atomic E-state index is 0.200. The molecule has 7 heteroatoms. The van der Waals surface area contributed by atoms with Crippen LogP contribution in [0.15, 0.2) is 82.0 Å². The smallest absolute Gasteiger partial charge is 0.264 e. The number of carbonyl (C=O) groups excluding carboxylic acids is 1. The Morgan fingerprint density at radius 1 is 1.00 bits per heavy atom. The second kappa shape index (κ2) is 7.84. The van der Waals surface area contributed by atoms with Crippen molar-refractivity contribution in [2.45, 2.75) is 0 Å². The number of hydrogen-bond donors (Lipinski definition) is 2. The molecular weight excluding hydrogens is 358 g/mol. The van der Waals surface area contributed by atoms with Gasteiger partial charge in [0, 0.05) is 11.1 Å². The minimum atomic E-state index is -0.200. The van der Waals surface area contributed by atoms with E-state index in [0.717, 1.165) is 22.4 Å². The van der Waals surface area contributed by atoms with Gasteiger partial charge in [0.15, 0.2) is 5.17 Å². The fraction of sp³-hybridized carbons (Fsp3) is 0. The lowest BCUT2D eigenvalue weighted by molar-refractivity contribution is -0.115. The molecule has 2 heterocycles. The summed E-state index contributed by atoms with van der Waals surface area (Å²) >= 11 is 1.25. The molecule has 0 bridgehead atoms. The first-order valence-electron chi connectivity index (χ1n) is 8.25. The van der Waals surface area contributed by atoms with Crippen molar-refractivity contribution in [3.63, 3.8) is 0 Å². The topological polar surface area (TPSA) is 82.5 Å². The highest BCUT2D eigenvalue weighted by atomic mass is 32.2. The first kappa shape index (κ1) is 17.0. The van der Waals surface area contributed by atoms with Gasteiger partial charge in [0.1, 0.15) is 0 Å². The average molecular weight is 373 g/mol. The third-order valence-electron chi connectivity index (χ3n) is 3.82. The number of H-pyrrole nitrogens is 1. The number of nitrogens with zero attached hydrogens (tertiary/aromatic N) is 3. The van der Waals surface area contributed by atoms with Crippen LogP contribution in [-0.4, -0.2) is 27.5 Å². The molecule has 3 aromatic rings. The molecule has 1 aliphatic heterocycles. The van der Waals surface area contributed by atoms with E-state index in [4.69, 9.17) is 0 Å². The molecule has 2 aromatic carbocycles. The number of nitrogens with one attached hydrogen (secondary N) is 2. The van der Waals surface area contributed by atoms with Crippen LogP contribution < -0.4 is 5.32 Å². The lowest BCUT2D eigenvalue weighted by atomic mass is 10.1. The molecule has 1 aliphatic rings. The van der Waals surface area contributed by atoms with Crippen LogP contribution in [0.2, 0.25) is 0 Å². The van der Waals surface area contributed by atoms with E-state index in [1.54, 1.807) is 18.5 Å². The van der Waals surface area contributed by atoms with E-state index in [9.17, 15) is 4.79 Å². The van der Waals surface area contributed by atoms with Gasteiger partial charge in [0.25, 0.3) is 5.91 Å². The van der Waals surface area contributed by atoms with Crippen molar-refractivity contribution in [1.82, 2.24) is 15.5 Å². The Labute approximate surface area is 160 Å². The number of amidine groups is 1. The van der Waals surface area contributed by atoms with E-state index < -0.39 is 0 Å². The lowest BCUT2D eigenvalue weighted by Gasteiger charge is -1.99. The fourth-order valence-corrected chi connectivity index (χ4v) is 3.31. The normalized spacial score (nSPS) is 17.1. The summed E-state index contributed by atoms with van der Waals surface area (Å²) in [4.78, 5) is 12.8. The van der Waals surface area contributed by atoms with Gasteiger partial charge in [-0.2, -0.15) is 10.2 Å². The fourth-order valence-electron chi connectivity index (χ4n) is 2.54. The highest BCUT2D eigenvalue weighted by molar-refractivity contribution is 8.18. The van der Waals surface area contributed by atoms with Crippen LogP contribution in [0.1, 0.15) is 11.1 Å². The van der Waals surface area contributed by atoms with E-state index in [1.165, 1.54) is 11.8 Å². The number of benzene rings is 2. The highest BCUT2D eigenvalue weighted by Crippen LogP contribution is 2.29. The van der Waals surface area contributed by atoms with E-state index in [-0.39, 0.29) is 5.91 Å². The molecule has 132 valence electrons. The van der Waals surface area contributed by atoms with Crippen LogP contribution in [0.25, 0.3) is 17.3 Å². The number of rotatable bonds is 4. The van der Waals surface area contributed by atoms with E-state index >= 15 is 0 Å². The third kappa shape index (κ3) is 4.04. The molecule has 1 saturated heterocycles. The van der Waals surface area contributed by atoms with E-state index in [1.807, 2.05) is 60.7 Å². The van der Waals surface area contributed by atoms with Gasteiger partial charge in [-0.1, -0.05) is 60.7 Å². The summed E-state index contributed by atoms with van der Waals surface area (Å²) in [6.07, 6.45) is 5.14. The summed E-state index contributed by atoms with van der Waals surface area (Å²) in [5, 5.41) is 18.4. The van der Waals surface area contributed by atoms with Gasteiger partial charge in [-0.15, -0.1) is 5.10 Å². The zero-order valence-electron chi connectivity index (χ0n) is 14.2. The summed E-state index contributed by atoms with van der Waals surface area (Å²) in [5.41, 5.74) is 3.65. The van der Waals surface area contributed by atoms with Crippen LogP contribution in [-0.2, 0) is 4.79 Å². The second-order valence-corrected chi connectivity index (χ2v) is 6.72. The highest BCUT2D eigenvalue weighted by Gasteiger charge is 2.24. The Kier molecular flexibility index (Phi) is 4.93. The summed E-state index contributed by atoms with van der Waals surface area (Å²) in [5.74, 6) is -0.200. The van der Waals surface area contributed by atoms with Crippen molar-refractivity contribution in [2.75, 3.05) is 0 Å². The SMILES string of the molecule is O=C1NC(=NN=Cc2ccccc2)SC1=Cc1cn[nH]c1-c1ccccc1. The monoisotopic (exact) mass is 373 g/mol. The van der Waals surface area contributed by atoms with Crippen molar-refractivity contribution < 1.29 is 4.79 Å². The maximum absolute atomic E-state index is 12.2. The van der Waals surface area contributed by atoms with Crippen molar-refractivity contribution in [2.24, 2.45) is 10.2 Å². The molecule has 0 radical (unpaired) electrons. The Morgan fingerprint density at radius 2 is 1.74 bits per heavy atom. The van der Waals surface area contributed by atoms with Crippen molar-refractivity contribution in [3.05, 3.63) is 82.9 Å². The van der Waals surface area contributed by atoms with Gasteiger partial charge in [-0.3, -0.25) is 15.2 Å². The summed E-state index contributed by atoms with van der Waals surface area (Å²) in [6.45, 7) is 0. The minimum Gasteiger partial charge on any atom is -0.299 e. The van der Waals surface area contributed by atoms with Crippen LogP contribution in [0.5, 0.6) is 0 Å². The Balaban J connectivity index is 1.53. The van der Waals surface area contributed by atoms with E-state index in [2.05, 4.69) is 25.7 Å². The molecule has 0 unspecified atom stereocenters. The maximum atomic E-state index is 12.2. The van der Waals surface area contributed by atoms with Gasteiger partial charge >= 0.3 is 0 Å². The van der Waals surface area contributed by atoms with Crippen molar-refractivity contribution in [3.8, 4) is 11.3 Å². The van der Waals surface area contributed by atoms with Gasteiger partial charge in [0.2, 0.25) is 0 Å². The summed E-state index contributed by atoms with van der Waals surface area (Å²) in [6, 6.07) is 19.5. The number of thioether (sulfide) groups is 1. The Bertz CT molecular complexity index is 1040. The summed E-state index contributed by atoms with van der Waals surface area (Å²) < 4.78 is 0. The standard InChI is InChI=1S/C20H15N5OS/c26-19-17(11-16-13-22-24-18(16)15-9-5-2-6-10-15)27-20(23-19)25-21-12-14-7-3-1-4-8-14/h1-13H,(H,22,24)(H,23,25,26). The number of carbonyl (C=O) groups is 1. The molecule has 6 nitrogen and oxygen atoms in total. The second-order valence-electron chi connectivity index (χ2n) is 5.69. The molecule has 4 rings (SSSR count). The van der Waals surface area contributed by atoms with Crippen molar-refractivity contribution >= 4 is 35.1 Å². The number of amides is 1. The van der Waals surface area contributed by atoms with Crippen LogP contribution in [0.4, 0.5) is 0 Å². The first-order chi connectivity index (χ1) is 13.3. The molecular formula is C20H15N5OS. The first-order valence-corrected chi connectivity index (χ1v) is 9.07. The van der Waals surface area contributed by atoms with Crippen molar-refractivity contribution in [1.29, 1.82) is 0 Å². The van der Waals surface area contributed by atoms with Crippen LogP contribution in [0.3, 0.4) is 0 Å². The molecule has 0 spiro atoms. The average Bonchev–Trinajstić information content (AvgIpc) is 3.30. The molecule has 2 N–H and O–H groups in total.